The lowest BCUT2D eigenvalue weighted by Crippen LogP contribution is -2.31. The van der Waals surface area contributed by atoms with E-state index < -0.39 is 0 Å². The number of hydrogen-bond donors (Lipinski definition) is 1. The molecule has 7 nitrogen and oxygen atoms in total. The Hall–Kier alpha value is -2.44. The maximum absolute atomic E-state index is 12.1. The Kier molecular flexibility index (Phi) is 5.08. The molecule has 7 heteroatoms. The molecule has 0 bridgehead atoms. The van der Waals surface area contributed by atoms with Crippen molar-refractivity contribution < 1.29 is 9.32 Å². The molecular formula is C17H23N5O2. The van der Waals surface area contributed by atoms with E-state index in [4.69, 9.17) is 4.52 Å². The molecule has 0 unspecified atom stereocenters. The zero-order valence-corrected chi connectivity index (χ0v) is 14.2. The number of anilines is 1. The van der Waals surface area contributed by atoms with Crippen molar-refractivity contribution >= 4 is 11.7 Å². The molecule has 0 atom stereocenters. The highest BCUT2D eigenvalue weighted by Gasteiger charge is 2.15. The predicted octanol–water partition coefficient (Wildman–Crippen LogP) is 1.93. The van der Waals surface area contributed by atoms with Crippen molar-refractivity contribution in [1.82, 2.24) is 20.4 Å². The van der Waals surface area contributed by atoms with Crippen LogP contribution in [0.25, 0.3) is 0 Å². The van der Waals surface area contributed by atoms with Crippen LogP contribution in [0, 0.1) is 13.8 Å². The van der Waals surface area contributed by atoms with Gasteiger partial charge in [0, 0.05) is 24.8 Å². The summed E-state index contributed by atoms with van der Waals surface area (Å²) in [6.45, 7) is 6.05. The minimum atomic E-state index is -0.0867. The fraction of sp³-hybridized carbons (Fsp3) is 0.529. The van der Waals surface area contributed by atoms with Crippen LogP contribution in [0.2, 0.25) is 0 Å². The molecule has 0 radical (unpaired) electrons. The van der Waals surface area contributed by atoms with Gasteiger partial charge < -0.3 is 14.7 Å². The quantitative estimate of drug-likeness (QED) is 0.902. The Morgan fingerprint density at radius 1 is 1.29 bits per heavy atom. The first-order valence-corrected chi connectivity index (χ1v) is 8.39. The van der Waals surface area contributed by atoms with Crippen molar-refractivity contribution in [2.45, 2.75) is 46.1 Å². The summed E-state index contributed by atoms with van der Waals surface area (Å²) in [4.78, 5) is 23.2. The molecule has 1 fully saturated rings. The molecule has 3 heterocycles. The van der Waals surface area contributed by atoms with Crippen LogP contribution in [-0.2, 0) is 17.8 Å². The van der Waals surface area contributed by atoms with E-state index in [-0.39, 0.29) is 12.3 Å². The number of nitrogens with zero attached hydrogens (tertiary/aromatic N) is 4. The van der Waals surface area contributed by atoms with Crippen LogP contribution in [0.5, 0.6) is 0 Å². The molecule has 24 heavy (non-hydrogen) atoms. The zero-order chi connectivity index (χ0) is 16.9. The van der Waals surface area contributed by atoms with Gasteiger partial charge in [0.1, 0.15) is 17.4 Å². The number of carbonyl (C=O) groups excluding carboxylic acids is 1. The van der Waals surface area contributed by atoms with E-state index in [1.807, 2.05) is 19.9 Å². The molecule has 2 aromatic heterocycles. The molecule has 0 saturated carbocycles. The van der Waals surface area contributed by atoms with Crippen molar-refractivity contribution in [3.05, 3.63) is 35.1 Å². The second-order valence-electron chi connectivity index (χ2n) is 6.14. The fourth-order valence-corrected chi connectivity index (χ4v) is 2.93. The zero-order valence-electron chi connectivity index (χ0n) is 14.2. The third-order valence-electron chi connectivity index (χ3n) is 4.33. The molecule has 1 saturated heterocycles. The molecule has 2 aromatic rings. The van der Waals surface area contributed by atoms with Gasteiger partial charge in [-0.25, -0.2) is 9.97 Å². The van der Waals surface area contributed by atoms with Crippen LogP contribution >= 0.6 is 0 Å². The Bertz CT molecular complexity index is 687. The van der Waals surface area contributed by atoms with Crippen molar-refractivity contribution in [1.29, 1.82) is 0 Å². The van der Waals surface area contributed by atoms with Gasteiger partial charge in [-0.3, -0.25) is 4.79 Å². The molecule has 1 aliphatic rings. The second kappa shape index (κ2) is 7.42. The summed E-state index contributed by atoms with van der Waals surface area (Å²) in [7, 11) is 0. The molecule has 1 amide bonds. The number of piperidine rings is 1. The van der Waals surface area contributed by atoms with Crippen LogP contribution < -0.4 is 10.2 Å². The molecular weight excluding hydrogens is 306 g/mol. The van der Waals surface area contributed by atoms with Gasteiger partial charge in [-0.1, -0.05) is 5.16 Å². The minimum absolute atomic E-state index is 0.0867. The molecule has 0 aliphatic carbocycles. The van der Waals surface area contributed by atoms with Crippen molar-refractivity contribution in [2.75, 3.05) is 18.0 Å². The molecule has 0 aromatic carbocycles. The van der Waals surface area contributed by atoms with E-state index in [0.29, 0.717) is 18.1 Å². The summed E-state index contributed by atoms with van der Waals surface area (Å²) >= 11 is 0. The molecule has 0 spiro atoms. The summed E-state index contributed by atoms with van der Waals surface area (Å²) in [5, 5.41) is 6.74. The fourth-order valence-electron chi connectivity index (χ4n) is 2.93. The highest BCUT2D eigenvalue weighted by molar-refractivity contribution is 5.78. The predicted molar refractivity (Wildman–Crippen MR) is 89.6 cm³/mol. The smallest absolute Gasteiger partial charge is 0.224 e. The number of carbonyl (C=O) groups is 1. The maximum atomic E-state index is 12.1. The Balaban J connectivity index is 1.57. The van der Waals surface area contributed by atoms with Crippen LogP contribution in [0.3, 0.4) is 0 Å². The molecule has 1 N–H and O–H groups in total. The lowest BCUT2D eigenvalue weighted by molar-refractivity contribution is -0.120. The highest BCUT2D eigenvalue weighted by Crippen LogP contribution is 2.17. The largest absolute Gasteiger partial charge is 0.361 e. The van der Waals surface area contributed by atoms with Crippen LogP contribution in [0.15, 0.2) is 16.8 Å². The average Bonchev–Trinajstić information content (AvgIpc) is 2.93. The molecule has 1 aliphatic heterocycles. The third kappa shape index (κ3) is 3.90. The summed E-state index contributed by atoms with van der Waals surface area (Å²) in [6, 6.07) is 1.93. The Labute approximate surface area is 141 Å². The number of aryl methyl sites for hydroxylation is 2. The van der Waals surface area contributed by atoms with E-state index in [1.54, 1.807) is 6.20 Å². The Morgan fingerprint density at radius 2 is 2.08 bits per heavy atom. The Morgan fingerprint density at radius 3 is 2.79 bits per heavy atom. The van der Waals surface area contributed by atoms with Gasteiger partial charge in [0.2, 0.25) is 5.91 Å². The van der Waals surface area contributed by atoms with Gasteiger partial charge in [0.05, 0.1) is 18.7 Å². The van der Waals surface area contributed by atoms with Gasteiger partial charge in [0.15, 0.2) is 0 Å². The standard InChI is InChI=1S/C17H23N5O2/c1-12-14(13(2)24-21-12)10-17(23)19-11-15-18-7-6-16(20-15)22-8-4-3-5-9-22/h6-7H,3-5,8-11H2,1-2H3,(H,19,23). The van der Waals surface area contributed by atoms with Crippen LogP contribution in [0.1, 0.15) is 42.1 Å². The van der Waals surface area contributed by atoms with Gasteiger partial charge in [-0.05, 0) is 39.2 Å². The van der Waals surface area contributed by atoms with Crippen LogP contribution in [0.4, 0.5) is 5.82 Å². The normalized spacial score (nSPS) is 14.7. The van der Waals surface area contributed by atoms with Crippen molar-refractivity contribution in [2.24, 2.45) is 0 Å². The van der Waals surface area contributed by atoms with E-state index in [2.05, 4.69) is 25.3 Å². The SMILES string of the molecule is Cc1noc(C)c1CC(=O)NCc1nccc(N2CCCCC2)n1. The number of rotatable bonds is 5. The third-order valence-corrected chi connectivity index (χ3v) is 4.33. The lowest BCUT2D eigenvalue weighted by Gasteiger charge is -2.27. The number of aromatic nitrogens is 3. The second-order valence-corrected chi connectivity index (χ2v) is 6.14. The summed E-state index contributed by atoms with van der Waals surface area (Å²) in [5.74, 6) is 2.17. The minimum Gasteiger partial charge on any atom is -0.361 e. The van der Waals surface area contributed by atoms with Gasteiger partial charge in [0.25, 0.3) is 0 Å². The summed E-state index contributed by atoms with van der Waals surface area (Å²) < 4.78 is 5.08. The first-order chi connectivity index (χ1) is 11.6. The van der Waals surface area contributed by atoms with E-state index in [1.165, 1.54) is 19.3 Å². The number of amides is 1. The lowest BCUT2D eigenvalue weighted by atomic mass is 10.1. The van der Waals surface area contributed by atoms with Gasteiger partial charge in [-0.15, -0.1) is 0 Å². The summed E-state index contributed by atoms with van der Waals surface area (Å²) in [6.07, 6.45) is 5.70. The number of nitrogens with one attached hydrogen (secondary N) is 1. The van der Waals surface area contributed by atoms with E-state index in [0.717, 1.165) is 30.2 Å². The van der Waals surface area contributed by atoms with Gasteiger partial charge >= 0.3 is 0 Å². The van der Waals surface area contributed by atoms with Crippen LogP contribution in [-0.4, -0.2) is 34.1 Å². The number of hydrogen-bond acceptors (Lipinski definition) is 6. The average molecular weight is 329 g/mol. The van der Waals surface area contributed by atoms with Crippen molar-refractivity contribution in [3.63, 3.8) is 0 Å². The molecule has 3 rings (SSSR count). The monoisotopic (exact) mass is 329 g/mol. The maximum Gasteiger partial charge on any atom is 0.224 e. The molecule has 128 valence electrons. The first kappa shape index (κ1) is 16.4. The van der Waals surface area contributed by atoms with Gasteiger partial charge in [-0.2, -0.15) is 0 Å². The topological polar surface area (TPSA) is 84.2 Å². The van der Waals surface area contributed by atoms with E-state index >= 15 is 0 Å². The van der Waals surface area contributed by atoms with E-state index in [9.17, 15) is 4.79 Å². The summed E-state index contributed by atoms with van der Waals surface area (Å²) in [5.41, 5.74) is 1.60. The van der Waals surface area contributed by atoms with Crippen molar-refractivity contribution in [3.8, 4) is 0 Å². The first-order valence-electron chi connectivity index (χ1n) is 8.39. The highest BCUT2D eigenvalue weighted by atomic mass is 16.5.